The molecule has 4 nitrogen and oxygen atoms in total. The van der Waals surface area contributed by atoms with E-state index in [0.29, 0.717) is 18.7 Å². The van der Waals surface area contributed by atoms with Crippen LogP contribution in [0, 0.1) is 11.3 Å². The fourth-order valence-corrected chi connectivity index (χ4v) is 2.90. The van der Waals surface area contributed by atoms with Crippen LogP contribution in [0.25, 0.3) is 0 Å². The summed E-state index contributed by atoms with van der Waals surface area (Å²) in [5.41, 5.74) is 1.73. The Morgan fingerprint density at radius 1 is 1.33 bits per heavy atom. The van der Waals surface area contributed by atoms with Crippen LogP contribution in [0.15, 0.2) is 47.1 Å². The largest absolute Gasteiger partial charge is 0.370 e. The number of morpholine rings is 1. The number of nitriles is 1. The molecule has 0 bridgehead atoms. The van der Waals surface area contributed by atoms with E-state index >= 15 is 0 Å². The predicted molar refractivity (Wildman–Crippen MR) is 84.0 cm³/mol. The maximum absolute atomic E-state index is 9.21. The number of hydrogen-bond acceptors (Lipinski definition) is 4. The number of benzene rings is 1. The average molecular weight is 344 g/mol. The third-order valence-corrected chi connectivity index (χ3v) is 3.99. The number of pyridine rings is 1. The zero-order valence-electron chi connectivity index (χ0n) is 11.4. The van der Waals surface area contributed by atoms with Crippen LogP contribution in [0.4, 0.5) is 5.82 Å². The van der Waals surface area contributed by atoms with E-state index in [1.807, 2.05) is 12.1 Å². The number of aromatic nitrogens is 1. The monoisotopic (exact) mass is 343 g/mol. The highest BCUT2D eigenvalue weighted by Gasteiger charge is 2.24. The van der Waals surface area contributed by atoms with Gasteiger partial charge in [-0.3, -0.25) is 0 Å². The topological polar surface area (TPSA) is 49.2 Å². The van der Waals surface area contributed by atoms with Crippen LogP contribution in [0.2, 0.25) is 0 Å². The van der Waals surface area contributed by atoms with Crippen LogP contribution in [0.5, 0.6) is 0 Å². The van der Waals surface area contributed by atoms with E-state index in [0.717, 1.165) is 22.4 Å². The summed E-state index contributed by atoms with van der Waals surface area (Å²) in [7, 11) is 0. The summed E-state index contributed by atoms with van der Waals surface area (Å²) in [6, 6.07) is 13.9. The first-order valence-corrected chi connectivity index (χ1v) is 7.54. The molecule has 0 spiro atoms. The van der Waals surface area contributed by atoms with Crippen molar-refractivity contribution in [3.8, 4) is 6.07 Å². The lowest BCUT2D eigenvalue weighted by Crippen LogP contribution is -2.39. The SMILES string of the molecule is N#Cc1cccnc1N1CCOC(c2cccc(Br)c2)C1. The van der Waals surface area contributed by atoms with E-state index in [2.05, 4.69) is 44.0 Å². The molecule has 1 unspecified atom stereocenters. The van der Waals surface area contributed by atoms with Gasteiger partial charge in [0.2, 0.25) is 0 Å². The normalized spacial score (nSPS) is 18.3. The molecule has 2 heterocycles. The molecule has 21 heavy (non-hydrogen) atoms. The number of nitrogens with zero attached hydrogens (tertiary/aromatic N) is 3. The second-order valence-electron chi connectivity index (χ2n) is 4.85. The summed E-state index contributed by atoms with van der Waals surface area (Å²) < 4.78 is 6.91. The minimum atomic E-state index is -0.00945. The molecule has 3 rings (SSSR count). The summed E-state index contributed by atoms with van der Waals surface area (Å²) in [5, 5.41) is 9.21. The summed E-state index contributed by atoms with van der Waals surface area (Å²) in [5.74, 6) is 0.739. The molecule has 1 atom stereocenters. The lowest BCUT2D eigenvalue weighted by atomic mass is 10.1. The van der Waals surface area contributed by atoms with Crippen molar-refractivity contribution >= 4 is 21.7 Å². The first-order chi connectivity index (χ1) is 10.3. The van der Waals surface area contributed by atoms with Crippen molar-refractivity contribution in [1.82, 2.24) is 4.98 Å². The fraction of sp³-hybridized carbons (Fsp3) is 0.250. The molecule has 1 aromatic carbocycles. The highest BCUT2D eigenvalue weighted by molar-refractivity contribution is 9.10. The Kier molecular flexibility index (Phi) is 4.18. The second kappa shape index (κ2) is 6.25. The van der Waals surface area contributed by atoms with E-state index in [4.69, 9.17) is 4.74 Å². The molecule has 1 aromatic heterocycles. The molecule has 1 aliphatic rings. The Balaban J connectivity index is 1.85. The Hall–Kier alpha value is -1.90. The van der Waals surface area contributed by atoms with Crippen molar-refractivity contribution in [3.63, 3.8) is 0 Å². The van der Waals surface area contributed by atoms with Crippen molar-refractivity contribution in [2.24, 2.45) is 0 Å². The minimum Gasteiger partial charge on any atom is -0.370 e. The van der Waals surface area contributed by atoms with Gasteiger partial charge in [-0.05, 0) is 29.8 Å². The fourth-order valence-electron chi connectivity index (χ4n) is 2.49. The molecule has 0 radical (unpaired) electrons. The Bertz CT molecular complexity index is 683. The van der Waals surface area contributed by atoms with Crippen molar-refractivity contribution < 1.29 is 4.74 Å². The van der Waals surface area contributed by atoms with Crippen molar-refractivity contribution in [2.45, 2.75) is 6.10 Å². The molecule has 0 amide bonds. The van der Waals surface area contributed by atoms with E-state index < -0.39 is 0 Å². The summed E-state index contributed by atoms with van der Waals surface area (Å²) in [6.45, 7) is 2.07. The van der Waals surface area contributed by atoms with Crippen LogP contribution in [0.1, 0.15) is 17.2 Å². The van der Waals surface area contributed by atoms with Gasteiger partial charge >= 0.3 is 0 Å². The summed E-state index contributed by atoms with van der Waals surface area (Å²) in [6.07, 6.45) is 1.71. The van der Waals surface area contributed by atoms with Gasteiger partial charge in [0.1, 0.15) is 18.0 Å². The number of ether oxygens (including phenoxy) is 1. The predicted octanol–water partition coefficient (Wildman–Crippen LogP) is 3.29. The van der Waals surface area contributed by atoms with E-state index in [9.17, 15) is 5.26 Å². The van der Waals surface area contributed by atoms with Crippen molar-refractivity contribution in [1.29, 1.82) is 5.26 Å². The molecule has 1 aliphatic heterocycles. The number of rotatable bonds is 2. The van der Waals surface area contributed by atoms with Gasteiger partial charge in [-0.1, -0.05) is 28.1 Å². The molecule has 2 aromatic rings. The van der Waals surface area contributed by atoms with Gasteiger partial charge in [0, 0.05) is 23.8 Å². The van der Waals surface area contributed by atoms with Gasteiger partial charge in [-0.25, -0.2) is 4.98 Å². The standard InChI is InChI=1S/C16H14BrN3O/c17-14-5-1-3-12(9-14)15-11-20(7-8-21-15)16-13(10-18)4-2-6-19-16/h1-6,9,15H,7-8,11H2. The minimum absolute atomic E-state index is 0.00945. The zero-order chi connectivity index (χ0) is 14.7. The number of halogens is 1. The zero-order valence-corrected chi connectivity index (χ0v) is 13.0. The molecule has 5 heteroatoms. The first-order valence-electron chi connectivity index (χ1n) is 6.75. The summed E-state index contributed by atoms with van der Waals surface area (Å²) in [4.78, 5) is 6.48. The highest BCUT2D eigenvalue weighted by Crippen LogP contribution is 2.28. The van der Waals surface area contributed by atoms with Crippen molar-refractivity contribution in [3.05, 3.63) is 58.2 Å². The van der Waals surface area contributed by atoms with E-state index in [1.54, 1.807) is 18.3 Å². The van der Waals surface area contributed by atoms with Gasteiger partial charge < -0.3 is 9.64 Å². The van der Waals surface area contributed by atoms with Crippen LogP contribution >= 0.6 is 15.9 Å². The molecule has 0 saturated carbocycles. The molecule has 106 valence electrons. The van der Waals surface area contributed by atoms with Gasteiger partial charge in [0.25, 0.3) is 0 Å². The number of hydrogen-bond donors (Lipinski definition) is 0. The number of anilines is 1. The third kappa shape index (κ3) is 3.07. The smallest absolute Gasteiger partial charge is 0.146 e. The van der Waals surface area contributed by atoms with E-state index in [1.165, 1.54) is 0 Å². The second-order valence-corrected chi connectivity index (χ2v) is 5.76. The van der Waals surface area contributed by atoms with Crippen LogP contribution in [0.3, 0.4) is 0 Å². The maximum Gasteiger partial charge on any atom is 0.146 e. The molecular weight excluding hydrogens is 330 g/mol. The first kappa shape index (κ1) is 14.1. The molecular formula is C16H14BrN3O. The Morgan fingerprint density at radius 2 is 2.24 bits per heavy atom. The Labute approximate surface area is 132 Å². The summed E-state index contributed by atoms with van der Waals surface area (Å²) >= 11 is 3.49. The molecule has 0 aliphatic carbocycles. The maximum atomic E-state index is 9.21. The third-order valence-electron chi connectivity index (χ3n) is 3.49. The van der Waals surface area contributed by atoms with Crippen LogP contribution < -0.4 is 4.90 Å². The van der Waals surface area contributed by atoms with Gasteiger partial charge in [-0.15, -0.1) is 0 Å². The lowest BCUT2D eigenvalue weighted by Gasteiger charge is -2.34. The molecule has 1 fully saturated rings. The van der Waals surface area contributed by atoms with Crippen LogP contribution in [-0.4, -0.2) is 24.7 Å². The molecule has 0 N–H and O–H groups in total. The Morgan fingerprint density at radius 3 is 3.05 bits per heavy atom. The quantitative estimate of drug-likeness (QED) is 0.839. The van der Waals surface area contributed by atoms with Gasteiger partial charge in [0.05, 0.1) is 12.2 Å². The highest BCUT2D eigenvalue weighted by atomic mass is 79.9. The van der Waals surface area contributed by atoms with Crippen molar-refractivity contribution in [2.75, 3.05) is 24.6 Å². The van der Waals surface area contributed by atoms with Crippen LogP contribution in [-0.2, 0) is 4.74 Å². The van der Waals surface area contributed by atoms with Gasteiger partial charge in [0.15, 0.2) is 0 Å². The molecule has 1 saturated heterocycles. The lowest BCUT2D eigenvalue weighted by molar-refractivity contribution is 0.0395. The van der Waals surface area contributed by atoms with Gasteiger partial charge in [-0.2, -0.15) is 5.26 Å². The average Bonchev–Trinajstić information content (AvgIpc) is 2.55. The van der Waals surface area contributed by atoms with E-state index in [-0.39, 0.29) is 6.10 Å².